The fourth-order valence-corrected chi connectivity index (χ4v) is 1.93. The topological polar surface area (TPSA) is 39.4 Å². The van der Waals surface area contributed by atoms with Gasteiger partial charge >= 0.3 is 0 Å². The molecule has 92 valence electrons. The Bertz CT molecular complexity index is 491. The highest BCUT2D eigenvalue weighted by Crippen LogP contribution is 2.11. The van der Waals surface area contributed by atoms with Crippen molar-refractivity contribution in [1.29, 1.82) is 0 Å². The molecule has 5 heteroatoms. The number of ether oxygens (including phenoxy) is 1. The van der Waals surface area contributed by atoms with Crippen LogP contribution in [0.15, 0.2) is 18.3 Å². The first kappa shape index (κ1) is 12.3. The predicted molar refractivity (Wildman–Crippen MR) is 67.3 cm³/mol. The first-order chi connectivity index (χ1) is 8.16. The second-order valence-corrected chi connectivity index (χ2v) is 4.68. The van der Waals surface area contributed by atoms with Crippen LogP contribution in [0.5, 0.6) is 0 Å². The van der Waals surface area contributed by atoms with Crippen LogP contribution in [0, 0.1) is 12.8 Å². The van der Waals surface area contributed by atoms with E-state index in [-0.39, 0.29) is 0 Å². The molecule has 3 rings (SSSR count). The Morgan fingerprint density at radius 3 is 2.94 bits per heavy atom. The van der Waals surface area contributed by atoms with Gasteiger partial charge in [0, 0.05) is 25.0 Å². The summed E-state index contributed by atoms with van der Waals surface area (Å²) in [5.74, 6) is 0.824. The van der Waals surface area contributed by atoms with Crippen LogP contribution in [0.1, 0.15) is 19.0 Å². The molecule has 1 atom stereocenters. The Hall–Kier alpha value is -1.13. The van der Waals surface area contributed by atoms with Crippen molar-refractivity contribution in [1.82, 2.24) is 14.6 Å². The second-order valence-electron chi connectivity index (χ2n) is 4.29. The van der Waals surface area contributed by atoms with Crippen molar-refractivity contribution in [2.45, 2.75) is 20.3 Å². The minimum atomic E-state index is 0.595. The van der Waals surface area contributed by atoms with Crippen molar-refractivity contribution < 1.29 is 4.74 Å². The molecule has 1 unspecified atom stereocenters. The number of nitrogens with zero attached hydrogens (tertiary/aromatic N) is 3. The Labute approximate surface area is 106 Å². The summed E-state index contributed by atoms with van der Waals surface area (Å²) < 4.78 is 6.65. The molecule has 0 aliphatic carbocycles. The zero-order chi connectivity index (χ0) is 12.3. The molecule has 1 saturated heterocycles. The summed E-state index contributed by atoms with van der Waals surface area (Å²) in [6.45, 7) is 6.09. The van der Waals surface area contributed by atoms with Crippen LogP contribution in [0.25, 0.3) is 5.65 Å². The summed E-state index contributed by atoms with van der Waals surface area (Å²) in [6, 6.07) is 3.60. The first-order valence-electron chi connectivity index (χ1n) is 5.71. The van der Waals surface area contributed by atoms with Crippen LogP contribution >= 0.6 is 11.6 Å². The number of hydrogen-bond donors (Lipinski definition) is 0. The van der Waals surface area contributed by atoms with Gasteiger partial charge in [-0.2, -0.15) is 5.10 Å². The van der Waals surface area contributed by atoms with Gasteiger partial charge in [0.15, 0.2) is 5.65 Å². The molecule has 17 heavy (non-hydrogen) atoms. The minimum Gasteiger partial charge on any atom is -0.381 e. The molecule has 0 saturated carbocycles. The van der Waals surface area contributed by atoms with Gasteiger partial charge < -0.3 is 4.74 Å². The maximum absolute atomic E-state index is 5.86. The van der Waals surface area contributed by atoms with Crippen LogP contribution < -0.4 is 0 Å². The van der Waals surface area contributed by atoms with Gasteiger partial charge in [0.1, 0.15) is 5.15 Å². The maximum Gasteiger partial charge on any atom is 0.156 e. The highest BCUT2D eigenvalue weighted by Gasteiger charge is 2.07. The molecule has 1 aliphatic rings. The van der Waals surface area contributed by atoms with Crippen LogP contribution in [0.3, 0.4) is 0 Å². The molecule has 0 amide bonds. The van der Waals surface area contributed by atoms with Gasteiger partial charge in [0.05, 0.1) is 6.20 Å². The summed E-state index contributed by atoms with van der Waals surface area (Å²) in [4.78, 5) is 4.21. The molecule has 3 heterocycles. The average Bonchev–Trinajstić information content (AvgIpc) is 2.89. The van der Waals surface area contributed by atoms with E-state index in [1.807, 2.05) is 13.0 Å². The van der Waals surface area contributed by atoms with E-state index in [1.54, 1.807) is 16.8 Å². The number of aryl methyl sites for hydroxylation is 1. The van der Waals surface area contributed by atoms with E-state index >= 15 is 0 Å². The van der Waals surface area contributed by atoms with Crippen molar-refractivity contribution >= 4 is 17.2 Å². The zero-order valence-corrected chi connectivity index (χ0v) is 10.8. The van der Waals surface area contributed by atoms with Gasteiger partial charge in [-0.1, -0.05) is 18.5 Å². The fraction of sp³-hybridized carbons (Fsp3) is 0.500. The van der Waals surface area contributed by atoms with E-state index in [0.717, 1.165) is 30.5 Å². The third-order valence-electron chi connectivity index (χ3n) is 2.60. The van der Waals surface area contributed by atoms with Crippen molar-refractivity contribution in [2.75, 3.05) is 13.2 Å². The highest BCUT2D eigenvalue weighted by molar-refractivity contribution is 6.29. The van der Waals surface area contributed by atoms with Crippen LogP contribution in [0.2, 0.25) is 5.15 Å². The Morgan fingerprint density at radius 2 is 2.35 bits per heavy atom. The number of hydrogen-bond acceptors (Lipinski definition) is 3. The molecule has 1 aliphatic heterocycles. The molecule has 0 bridgehead atoms. The lowest BCUT2D eigenvalue weighted by molar-refractivity contribution is 0.188. The molecular weight excluding hydrogens is 238 g/mol. The lowest BCUT2D eigenvalue weighted by Crippen LogP contribution is -1.92. The first-order valence-corrected chi connectivity index (χ1v) is 6.09. The summed E-state index contributed by atoms with van der Waals surface area (Å²) in [5, 5.41) is 4.58. The summed E-state index contributed by atoms with van der Waals surface area (Å²) in [7, 11) is 0. The van der Waals surface area contributed by atoms with E-state index in [0.29, 0.717) is 5.15 Å². The molecule has 0 spiro atoms. The molecule has 4 nitrogen and oxygen atoms in total. The largest absolute Gasteiger partial charge is 0.381 e. The lowest BCUT2D eigenvalue weighted by Gasteiger charge is -1.96. The molecule has 2 aromatic rings. The van der Waals surface area contributed by atoms with Gasteiger partial charge in [0.2, 0.25) is 0 Å². The SMILES string of the molecule is CC1CCOC1.Cc1cc(Cl)n2nccc2n1. The lowest BCUT2D eigenvalue weighted by atomic mass is 10.2. The summed E-state index contributed by atoms with van der Waals surface area (Å²) in [6.07, 6.45) is 2.94. The third kappa shape index (κ3) is 3.17. The summed E-state index contributed by atoms with van der Waals surface area (Å²) in [5.41, 5.74) is 1.69. The molecule has 2 aromatic heterocycles. The van der Waals surface area contributed by atoms with Gasteiger partial charge in [-0.25, -0.2) is 9.50 Å². The maximum atomic E-state index is 5.86. The molecule has 0 aromatic carbocycles. The molecule has 0 N–H and O–H groups in total. The van der Waals surface area contributed by atoms with Crippen LogP contribution in [-0.2, 0) is 4.74 Å². The Balaban J connectivity index is 0.000000153. The second kappa shape index (κ2) is 5.47. The van der Waals surface area contributed by atoms with Crippen molar-refractivity contribution in [3.8, 4) is 0 Å². The quantitative estimate of drug-likeness (QED) is 0.678. The van der Waals surface area contributed by atoms with E-state index in [1.165, 1.54) is 6.42 Å². The average molecular weight is 254 g/mol. The highest BCUT2D eigenvalue weighted by atomic mass is 35.5. The normalized spacial score (nSPS) is 19.1. The smallest absolute Gasteiger partial charge is 0.156 e. The van der Waals surface area contributed by atoms with E-state index in [2.05, 4.69) is 17.0 Å². The van der Waals surface area contributed by atoms with E-state index in [4.69, 9.17) is 16.3 Å². The molecular formula is C12H16ClN3O. The van der Waals surface area contributed by atoms with Crippen molar-refractivity contribution in [3.63, 3.8) is 0 Å². The third-order valence-corrected chi connectivity index (χ3v) is 2.87. The van der Waals surface area contributed by atoms with Gasteiger partial charge in [-0.15, -0.1) is 0 Å². The summed E-state index contributed by atoms with van der Waals surface area (Å²) >= 11 is 5.86. The Morgan fingerprint density at radius 1 is 1.53 bits per heavy atom. The number of fused-ring (bicyclic) bond motifs is 1. The van der Waals surface area contributed by atoms with E-state index in [9.17, 15) is 0 Å². The standard InChI is InChI=1S/C7H6ClN3.C5H10O/c1-5-4-6(8)11-7(10-5)2-3-9-11;1-5-2-3-6-4-5/h2-4H,1H3;5H,2-4H2,1H3. The number of halogens is 1. The van der Waals surface area contributed by atoms with Crippen LogP contribution in [-0.4, -0.2) is 27.8 Å². The van der Waals surface area contributed by atoms with Crippen molar-refractivity contribution in [3.05, 3.63) is 29.2 Å². The fourth-order valence-electron chi connectivity index (χ4n) is 1.64. The molecule has 0 radical (unpaired) electrons. The Kier molecular flexibility index (Phi) is 3.97. The number of rotatable bonds is 0. The van der Waals surface area contributed by atoms with Gasteiger partial charge in [0.25, 0.3) is 0 Å². The monoisotopic (exact) mass is 253 g/mol. The number of aromatic nitrogens is 3. The van der Waals surface area contributed by atoms with Gasteiger partial charge in [-0.3, -0.25) is 0 Å². The van der Waals surface area contributed by atoms with Crippen LogP contribution in [0.4, 0.5) is 0 Å². The van der Waals surface area contributed by atoms with Crippen molar-refractivity contribution in [2.24, 2.45) is 5.92 Å². The minimum absolute atomic E-state index is 0.595. The predicted octanol–water partition coefficient (Wildman–Crippen LogP) is 2.73. The van der Waals surface area contributed by atoms with Gasteiger partial charge in [-0.05, 0) is 25.3 Å². The molecule has 1 fully saturated rings. The van der Waals surface area contributed by atoms with E-state index < -0.39 is 0 Å². The zero-order valence-electron chi connectivity index (χ0n) is 10.1.